The zero-order valence-electron chi connectivity index (χ0n) is 12.0. The van der Waals surface area contributed by atoms with Gasteiger partial charge < -0.3 is 5.32 Å². The minimum absolute atomic E-state index is 0.326. The van der Waals surface area contributed by atoms with Crippen LogP contribution >= 0.6 is 0 Å². The molecule has 2 fully saturated rings. The van der Waals surface area contributed by atoms with Gasteiger partial charge >= 0.3 is 0 Å². The van der Waals surface area contributed by atoms with Gasteiger partial charge in [0.15, 0.2) is 0 Å². The molecule has 4 N–H and O–H groups in total. The third-order valence-corrected chi connectivity index (χ3v) is 4.92. The molecule has 0 spiro atoms. The second-order valence-electron chi connectivity index (χ2n) is 6.19. The van der Waals surface area contributed by atoms with Crippen molar-refractivity contribution in [1.29, 1.82) is 0 Å². The number of anilines is 1. The van der Waals surface area contributed by atoms with E-state index in [0.29, 0.717) is 12.0 Å². The molecule has 20 heavy (non-hydrogen) atoms. The lowest BCUT2D eigenvalue weighted by atomic mass is 9.84. The van der Waals surface area contributed by atoms with Crippen molar-refractivity contribution in [3.05, 3.63) is 30.3 Å². The Bertz CT molecular complexity index is 471. The van der Waals surface area contributed by atoms with E-state index in [1.807, 2.05) is 30.3 Å². The average molecular weight is 272 g/mol. The number of nitrogens with zero attached hydrogens (tertiary/aromatic N) is 1. The molecule has 4 heteroatoms. The van der Waals surface area contributed by atoms with Gasteiger partial charge in [0.25, 0.3) is 0 Å². The van der Waals surface area contributed by atoms with Crippen LogP contribution in [0.5, 0.6) is 0 Å². The normalized spacial score (nSPS) is 30.3. The van der Waals surface area contributed by atoms with E-state index < -0.39 is 0 Å². The van der Waals surface area contributed by atoms with Crippen LogP contribution in [0.3, 0.4) is 0 Å². The Morgan fingerprint density at radius 2 is 2.05 bits per heavy atom. The Morgan fingerprint density at radius 3 is 2.65 bits per heavy atom. The lowest BCUT2D eigenvalue weighted by Gasteiger charge is -2.26. The largest absolute Gasteiger partial charge is 0.325 e. The predicted octanol–water partition coefficient (Wildman–Crippen LogP) is 2.74. The summed E-state index contributed by atoms with van der Waals surface area (Å²) in [7, 11) is 0. The number of guanidine groups is 1. The molecule has 2 saturated carbocycles. The molecule has 0 aromatic heterocycles. The zero-order valence-corrected chi connectivity index (χ0v) is 12.0. The van der Waals surface area contributed by atoms with Crippen LogP contribution in [0.2, 0.25) is 0 Å². The molecular weight excluding hydrogens is 248 g/mol. The average Bonchev–Trinajstić information content (AvgIpc) is 3.10. The number of para-hydroxylation sites is 1. The van der Waals surface area contributed by atoms with Gasteiger partial charge in [-0.15, -0.1) is 0 Å². The quantitative estimate of drug-likeness (QED) is 0.343. The predicted molar refractivity (Wildman–Crippen MR) is 83.2 cm³/mol. The summed E-state index contributed by atoms with van der Waals surface area (Å²) >= 11 is 0. The van der Waals surface area contributed by atoms with Crippen LogP contribution < -0.4 is 16.6 Å². The maximum absolute atomic E-state index is 5.60. The fraction of sp³-hybridized carbons (Fsp3) is 0.562. The summed E-state index contributed by atoms with van der Waals surface area (Å²) in [6, 6.07) is 10.3. The summed E-state index contributed by atoms with van der Waals surface area (Å²) in [5.41, 5.74) is 3.69. The van der Waals surface area contributed by atoms with E-state index in [2.05, 4.69) is 17.7 Å². The van der Waals surface area contributed by atoms with E-state index in [9.17, 15) is 0 Å². The fourth-order valence-corrected chi connectivity index (χ4v) is 3.95. The molecule has 4 unspecified atom stereocenters. The minimum Gasteiger partial charge on any atom is -0.325 e. The van der Waals surface area contributed by atoms with Gasteiger partial charge in [0, 0.05) is 5.69 Å². The number of fused-ring (bicyclic) bond motifs is 2. The summed E-state index contributed by atoms with van der Waals surface area (Å²) < 4.78 is 0. The third kappa shape index (κ3) is 2.80. The number of aliphatic imine (C=N–C) groups is 1. The van der Waals surface area contributed by atoms with Gasteiger partial charge in [-0.25, -0.2) is 10.8 Å². The number of rotatable bonds is 3. The van der Waals surface area contributed by atoms with E-state index in [1.165, 1.54) is 25.7 Å². The first kappa shape index (κ1) is 13.4. The molecular formula is C16H24N4. The van der Waals surface area contributed by atoms with Gasteiger partial charge in [-0.2, -0.15) is 0 Å². The molecule has 0 radical (unpaired) electrons. The Hall–Kier alpha value is -1.55. The number of nitrogens with one attached hydrogen (secondary N) is 2. The lowest BCUT2D eigenvalue weighted by Crippen LogP contribution is -2.38. The topological polar surface area (TPSA) is 62.4 Å². The van der Waals surface area contributed by atoms with Gasteiger partial charge in [-0.1, -0.05) is 24.6 Å². The molecule has 0 heterocycles. The van der Waals surface area contributed by atoms with Gasteiger partial charge in [-0.3, -0.25) is 5.43 Å². The molecule has 108 valence electrons. The standard InChI is InChI=1S/C16H24N4/c1-11(15-10-12-7-8-13(15)9-12)18-16(20-17)19-14-5-3-2-4-6-14/h2-6,11-13,15H,7-10,17H2,1H3,(H2,18,19,20). The molecule has 1 aromatic carbocycles. The van der Waals surface area contributed by atoms with Gasteiger partial charge in [0.05, 0.1) is 6.04 Å². The smallest absolute Gasteiger partial charge is 0.210 e. The van der Waals surface area contributed by atoms with Crippen molar-refractivity contribution < 1.29 is 0 Å². The van der Waals surface area contributed by atoms with Crippen LogP contribution in [-0.2, 0) is 0 Å². The maximum Gasteiger partial charge on any atom is 0.210 e. The Kier molecular flexibility index (Phi) is 3.92. The van der Waals surface area contributed by atoms with Crippen molar-refractivity contribution in [3.8, 4) is 0 Å². The van der Waals surface area contributed by atoms with E-state index in [1.54, 1.807) is 0 Å². The van der Waals surface area contributed by atoms with Crippen molar-refractivity contribution >= 4 is 11.6 Å². The second kappa shape index (κ2) is 5.83. The highest BCUT2D eigenvalue weighted by Crippen LogP contribution is 2.50. The van der Waals surface area contributed by atoms with Crippen LogP contribution in [-0.4, -0.2) is 12.0 Å². The first-order chi connectivity index (χ1) is 9.76. The Labute approximate surface area is 120 Å². The number of nitrogens with two attached hydrogens (primary N) is 1. The van der Waals surface area contributed by atoms with Gasteiger partial charge in [0.2, 0.25) is 5.96 Å². The van der Waals surface area contributed by atoms with Crippen LogP contribution in [0.1, 0.15) is 32.6 Å². The first-order valence-electron chi connectivity index (χ1n) is 7.62. The van der Waals surface area contributed by atoms with E-state index >= 15 is 0 Å². The van der Waals surface area contributed by atoms with Crippen molar-refractivity contribution in [2.24, 2.45) is 28.6 Å². The highest BCUT2D eigenvalue weighted by Gasteiger charge is 2.41. The molecule has 4 nitrogen and oxygen atoms in total. The highest BCUT2D eigenvalue weighted by atomic mass is 15.3. The molecule has 0 saturated heterocycles. The second-order valence-corrected chi connectivity index (χ2v) is 6.19. The molecule has 2 aliphatic rings. The SMILES string of the molecule is CC(N=C(NN)Nc1ccccc1)C1CC2CCC1C2. The number of hydrazine groups is 1. The molecule has 3 rings (SSSR count). The molecule has 2 aliphatic carbocycles. The fourth-order valence-electron chi connectivity index (χ4n) is 3.95. The van der Waals surface area contributed by atoms with Crippen molar-refractivity contribution in [2.75, 3.05) is 5.32 Å². The number of hydrogen-bond donors (Lipinski definition) is 3. The summed E-state index contributed by atoms with van der Waals surface area (Å²) in [5, 5.41) is 3.24. The van der Waals surface area contributed by atoms with E-state index in [-0.39, 0.29) is 0 Å². The maximum atomic E-state index is 5.60. The van der Waals surface area contributed by atoms with Crippen LogP contribution in [0.25, 0.3) is 0 Å². The van der Waals surface area contributed by atoms with Crippen molar-refractivity contribution in [1.82, 2.24) is 5.43 Å². The van der Waals surface area contributed by atoms with E-state index in [0.717, 1.165) is 23.4 Å². The molecule has 0 aliphatic heterocycles. The Morgan fingerprint density at radius 1 is 1.25 bits per heavy atom. The summed E-state index contributed by atoms with van der Waals surface area (Å²) in [4.78, 5) is 4.76. The first-order valence-corrected chi connectivity index (χ1v) is 7.62. The van der Waals surface area contributed by atoms with E-state index in [4.69, 9.17) is 10.8 Å². The Balaban J connectivity index is 1.66. The van der Waals surface area contributed by atoms with Crippen LogP contribution in [0, 0.1) is 17.8 Å². The van der Waals surface area contributed by atoms with Crippen molar-refractivity contribution in [2.45, 2.75) is 38.6 Å². The highest BCUT2D eigenvalue weighted by molar-refractivity contribution is 5.93. The molecule has 1 aromatic rings. The van der Waals surface area contributed by atoms with Crippen LogP contribution in [0.15, 0.2) is 35.3 Å². The summed E-state index contributed by atoms with van der Waals surface area (Å²) in [6.45, 7) is 2.22. The summed E-state index contributed by atoms with van der Waals surface area (Å²) in [5.74, 6) is 8.83. The molecule has 2 bridgehead atoms. The number of hydrogen-bond acceptors (Lipinski definition) is 2. The zero-order chi connectivity index (χ0) is 13.9. The lowest BCUT2D eigenvalue weighted by molar-refractivity contribution is 0.293. The third-order valence-electron chi connectivity index (χ3n) is 4.92. The molecule has 4 atom stereocenters. The monoisotopic (exact) mass is 272 g/mol. The molecule has 0 amide bonds. The number of benzene rings is 1. The van der Waals surface area contributed by atoms with Crippen molar-refractivity contribution in [3.63, 3.8) is 0 Å². The van der Waals surface area contributed by atoms with Gasteiger partial charge in [0.1, 0.15) is 0 Å². The van der Waals surface area contributed by atoms with Gasteiger partial charge in [-0.05, 0) is 56.1 Å². The van der Waals surface area contributed by atoms with Crippen LogP contribution in [0.4, 0.5) is 5.69 Å². The minimum atomic E-state index is 0.326. The summed E-state index contributed by atoms with van der Waals surface area (Å²) in [6.07, 6.45) is 5.59.